The van der Waals surface area contributed by atoms with Crippen molar-refractivity contribution >= 4 is 5.91 Å². The van der Waals surface area contributed by atoms with Crippen LogP contribution in [-0.2, 0) is 14.3 Å². The third-order valence-corrected chi connectivity index (χ3v) is 10.4. The number of carbonyl (C=O) groups excluding carboxylic acids is 1. The summed E-state index contributed by atoms with van der Waals surface area (Å²) in [6.45, 7) is 3.64. The van der Waals surface area contributed by atoms with Crippen LogP contribution in [-0.4, -0.2) is 87.5 Å². The average molecular weight is 728 g/mol. The van der Waals surface area contributed by atoms with E-state index in [0.29, 0.717) is 6.42 Å². The molecule has 0 aromatic heterocycles. The molecule has 1 amide bonds. The van der Waals surface area contributed by atoms with Gasteiger partial charge in [-0.15, -0.1) is 0 Å². The summed E-state index contributed by atoms with van der Waals surface area (Å²) in [5.74, 6) is -0.194. The molecular formula is C42H81NO8. The number of carbonyl (C=O) groups is 1. The van der Waals surface area contributed by atoms with Gasteiger partial charge in [0.15, 0.2) is 6.29 Å². The lowest BCUT2D eigenvalue weighted by Gasteiger charge is -2.40. The Morgan fingerprint density at radius 3 is 1.53 bits per heavy atom. The summed E-state index contributed by atoms with van der Waals surface area (Å²) >= 11 is 0. The van der Waals surface area contributed by atoms with E-state index >= 15 is 0 Å². The molecule has 0 spiro atoms. The second-order valence-corrected chi connectivity index (χ2v) is 15.1. The summed E-state index contributed by atoms with van der Waals surface area (Å²) in [6, 6.07) is -0.795. The maximum atomic E-state index is 12.6. The Morgan fingerprint density at radius 1 is 0.647 bits per heavy atom. The fourth-order valence-electron chi connectivity index (χ4n) is 6.86. The highest BCUT2D eigenvalue weighted by Crippen LogP contribution is 2.22. The first-order chi connectivity index (χ1) is 24.8. The molecule has 7 atom stereocenters. The van der Waals surface area contributed by atoms with Gasteiger partial charge in [-0.2, -0.15) is 0 Å². The minimum atomic E-state index is -1.56. The van der Waals surface area contributed by atoms with Crippen molar-refractivity contribution < 1.29 is 39.8 Å². The number of amides is 1. The molecule has 7 unspecified atom stereocenters. The number of hydrogen-bond donors (Lipinski definition) is 6. The van der Waals surface area contributed by atoms with Crippen LogP contribution in [0.1, 0.15) is 194 Å². The van der Waals surface area contributed by atoms with E-state index < -0.39 is 49.5 Å². The minimum absolute atomic E-state index is 0.186. The van der Waals surface area contributed by atoms with Crippen molar-refractivity contribution in [2.24, 2.45) is 0 Å². The van der Waals surface area contributed by atoms with Crippen molar-refractivity contribution in [3.63, 3.8) is 0 Å². The Balaban J connectivity index is 2.17. The molecule has 9 nitrogen and oxygen atoms in total. The second-order valence-electron chi connectivity index (χ2n) is 15.1. The molecule has 0 aromatic rings. The van der Waals surface area contributed by atoms with Crippen LogP contribution >= 0.6 is 0 Å². The van der Waals surface area contributed by atoms with E-state index in [-0.39, 0.29) is 12.5 Å². The van der Waals surface area contributed by atoms with E-state index in [4.69, 9.17) is 9.47 Å². The lowest BCUT2D eigenvalue weighted by atomic mass is 9.99. The molecule has 1 rings (SSSR count). The van der Waals surface area contributed by atoms with E-state index in [9.17, 15) is 30.3 Å². The molecule has 0 saturated carbocycles. The molecule has 1 fully saturated rings. The van der Waals surface area contributed by atoms with Crippen LogP contribution < -0.4 is 5.32 Å². The molecule has 51 heavy (non-hydrogen) atoms. The number of aliphatic hydroxyl groups is 5. The van der Waals surface area contributed by atoms with Gasteiger partial charge in [0.25, 0.3) is 0 Å². The molecular weight excluding hydrogens is 646 g/mol. The maximum Gasteiger partial charge on any atom is 0.220 e. The van der Waals surface area contributed by atoms with Gasteiger partial charge in [0.05, 0.1) is 25.4 Å². The molecule has 1 heterocycles. The molecule has 1 aliphatic heterocycles. The highest BCUT2D eigenvalue weighted by Gasteiger charge is 2.44. The summed E-state index contributed by atoms with van der Waals surface area (Å²) in [5.41, 5.74) is 0. The monoisotopic (exact) mass is 728 g/mol. The van der Waals surface area contributed by atoms with E-state index in [1.54, 1.807) is 6.08 Å². The fourth-order valence-corrected chi connectivity index (χ4v) is 6.86. The molecule has 1 aliphatic rings. The van der Waals surface area contributed by atoms with Crippen LogP contribution in [0, 0.1) is 0 Å². The Hall–Kier alpha value is -1.07. The Kier molecular flexibility index (Phi) is 31.5. The van der Waals surface area contributed by atoms with Gasteiger partial charge in [-0.3, -0.25) is 4.79 Å². The largest absolute Gasteiger partial charge is 0.394 e. The van der Waals surface area contributed by atoms with Crippen molar-refractivity contribution in [3.05, 3.63) is 12.2 Å². The first kappa shape index (κ1) is 48.0. The van der Waals surface area contributed by atoms with Crippen LogP contribution in [0.2, 0.25) is 0 Å². The summed E-state index contributed by atoms with van der Waals surface area (Å²) in [5, 5.41) is 53.6. The molecule has 0 radical (unpaired) electrons. The number of hydrogen-bond acceptors (Lipinski definition) is 8. The van der Waals surface area contributed by atoms with Crippen LogP contribution in [0.5, 0.6) is 0 Å². The van der Waals surface area contributed by atoms with Gasteiger partial charge in [-0.05, 0) is 19.3 Å². The Bertz CT molecular complexity index is 812. The van der Waals surface area contributed by atoms with Crippen molar-refractivity contribution in [2.45, 2.75) is 236 Å². The first-order valence-electron chi connectivity index (χ1n) is 21.4. The standard InChI is InChI=1S/C42H81NO8/c1-3-5-7-9-10-11-12-13-14-15-16-17-18-19-20-21-22-23-24-25-26-27-28-29-31-36(45)35(43-38(46)32-30-8-6-4-2)34-50-42-41(49)40(48)39(47)37(33-44)51-42/h29,31,35-37,39-42,44-45,47-49H,3-28,30,32-34H2,1-2H3,(H,43,46)/b31-29+. The minimum Gasteiger partial charge on any atom is -0.394 e. The lowest BCUT2D eigenvalue weighted by molar-refractivity contribution is -0.302. The van der Waals surface area contributed by atoms with E-state index in [0.717, 1.165) is 44.9 Å². The Labute approximate surface area is 312 Å². The third-order valence-electron chi connectivity index (χ3n) is 10.4. The van der Waals surface area contributed by atoms with Crippen molar-refractivity contribution in [1.29, 1.82) is 0 Å². The molecule has 9 heteroatoms. The van der Waals surface area contributed by atoms with Gasteiger partial charge in [0, 0.05) is 6.42 Å². The smallest absolute Gasteiger partial charge is 0.220 e. The quantitative estimate of drug-likeness (QED) is 0.0283. The summed E-state index contributed by atoms with van der Waals surface area (Å²) in [6.07, 6.45) is 30.5. The topological polar surface area (TPSA) is 149 Å². The number of ether oxygens (including phenoxy) is 2. The Morgan fingerprint density at radius 2 is 1.08 bits per heavy atom. The maximum absolute atomic E-state index is 12.6. The predicted molar refractivity (Wildman–Crippen MR) is 207 cm³/mol. The molecule has 1 saturated heterocycles. The summed E-state index contributed by atoms with van der Waals surface area (Å²) < 4.78 is 11.1. The summed E-state index contributed by atoms with van der Waals surface area (Å²) in [7, 11) is 0. The van der Waals surface area contributed by atoms with Crippen molar-refractivity contribution in [1.82, 2.24) is 5.32 Å². The van der Waals surface area contributed by atoms with Gasteiger partial charge in [-0.25, -0.2) is 0 Å². The third kappa shape index (κ3) is 24.8. The van der Waals surface area contributed by atoms with Gasteiger partial charge in [0.2, 0.25) is 5.91 Å². The average Bonchev–Trinajstić information content (AvgIpc) is 3.13. The second kappa shape index (κ2) is 33.5. The van der Waals surface area contributed by atoms with Crippen LogP contribution in [0.4, 0.5) is 0 Å². The molecule has 302 valence electrons. The predicted octanol–water partition coefficient (Wildman–Crippen LogP) is 8.17. The van der Waals surface area contributed by atoms with Crippen LogP contribution in [0.25, 0.3) is 0 Å². The van der Waals surface area contributed by atoms with E-state index in [1.807, 2.05) is 6.08 Å². The SMILES string of the molecule is CCCCCCCCCCCCCCCCCCCCCCCC/C=C/C(O)C(COC1OC(CO)C(O)C(O)C1O)NC(=O)CCCCCC. The lowest BCUT2D eigenvalue weighted by Crippen LogP contribution is -2.60. The zero-order chi connectivity index (χ0) is 37.4. The molecule has 0 aromatic carbocycles. The van der Waals surface area contributed by atoms with E-state index in [2.05, 4.69) is 19.2 Å². The van der Waals surface area contributed by atoms with Crippen LogP contribution in [0.15, 0.2) is 12.2 Å². The van der Waals surface area contributed by atoms with Crippen LogP contribution in [0.3, 0.4) is 0 Å². The summed E-state index contributed by atoms with van der Waals surface area (Å²) in [4.78, 5) is 12.6. The van der Waals surface area contributed by atoms with Gasteiger partial charge in [0.1, 0.15) is 24.4 Å². The zero-order valence-electron chi connectivity index (χ0n) is 32.9. The molecule has 0 aliphatic carbocycles. The van der Waals surface area contributed by atoms with Gasteiger partial charge in [-0.1, -0.05) is 180 Å². The highest BCUT2D eigenvalue weighted by molar-refractivity contribution is 5.76. The number of unbranched alkanes of at least 4 members (excludes halogenated alkanes) is 25. The zero-order valence-corrected chi connectivity index (χ0v) is 32.9. The fraction of sp³-hybridized carbons (Fsp3) is 0.929. The normalized spacial score (nSPS) is 22.1. The number of aliphatic hydroxyl groups excluding tert-OH is 5. The number of rotatable bonds is 35. The molecule has 6 N–H and O–H groups in total. The number of nitrogens with one attached hydrogen (secondary N) is 1. The first-order valence-corrected chi connectivity index (χ1v) is 21.4. The molecule has 0 bridgehead atoms. The highest BCUT2D eigenvalue weighted by atomic mass is 16.7. The van der Waals surface area contributed by atoms with Gasteiger partial charge < -0.3 is 40.3 Å². The van der Waals surface area contributed by atoms with Crippen molar-refractivity contribution in [3.8, 4) is 0 Å². The van der Waals surface area contributed by atoms with Gasteiger partial charge >= 0.3 is 0 Å². The van der Waals surface area contributed by atoms with Crippen molar-refractivity contribution in [2.75, 3.05) is 13.2 Å². The number of allylic oxidation sites excluding steroid dienone is 1. The van der Waals surface area contributed by atoms with E-state index in [1.165, 1.54) is 128 Å².